The maximum absolute atomic E-state index is 10.4. The first-order valence-electron chi connectivity index (χ1n) is 5.97. The molecule has 0 aliphatic rings. The molecule has 0 bridgehead atoms. The molecular weight excluding hydrogens is 212 g/mol. The van der Waals surface area contributed by atoms with Gasteiger partial charge in [-0.05, 0) is 25.0 Å². The van der Waals surface area contributed by atoms with E-state index in [1.54, 1.807) is 0 Å². The lowest BCUT2D eigenvalue weighted by Gasteiger charge is -2.22. The van der Waals surface area contributed by atoms with Crippen molar-refractivity contribution in [2.45, 2.75) is 32.4 Å². The summed E-state index contributed by atoms with van der Waals surface area (Å²) in [4.78, 5) is 0. The van der Waals surface area contributed by atoms with E-state index in [4.69, 9.17) is 0 Å². The third-order valence-corrected chi connectivity index (χ3v) is 3.01. The molecule has 2 aromatic rings. The quantitative estimate of drug-likeness (QED) is 0.877. The van der Waals surface area contributed by atoms with Gasteiger partial charge in [-0.25, -0.2) is 0 Å². The fraction of sp³-hybridized carbons (Fsp3) is 0.357. The average molecular weight is 230 g/mol. The molecule has 0 spiro atoms. The van der Waals surface area contributed by atoms with Crippen molar-refractivity contribution in [3.63, 3.8) is 0 Å². The van der Waals surface area contributed by atoms with Crippen molar-refractivity contribution >= 4 is 0 Å². The molecule has 3 heteroatoms. The Balaban J connectivity index is 2.25. The second kappa shape index (κ2) is 5.15. The summed E-state index contributed by atoms with van der Waals surface area (Å²) in [5.74, 6) is 0. The van der Waals surface area contributed by atoms with Crippen LogP contribution in [0.4, 0.5) is 0 Å². The Kier molecular flexibility index (Phi) is 3.59. The Bertz CT molecular complexity index is 464. The number of benzene rings is 1. The topological polar surface area (TPSA) is 38.0 Å². The molecule has 17 heavy (non-hydrogen) atoms. The van der Waals surface area contributed by atoms with Gasteiger partial charge in [0, 0.05) is 6.20 Å². The van der Waals surface area contributed by atoms with E-state index in [0.29, 0.717) is 0 Å². The number of aliphatic hydroxyl groups excluding tert-OH is 1. The van der Waals surface area contributed by atoms with E-state index in [-0.39, 0.29) is 6.04 Å². The second-order valence-corrected chi connectivity index (χ2v) is 4.27. The third-order valence-electron chi connectivity index (χ3n) is 3.01. The van der Waals surface area contributed by atoms with Gasteiger partial charge in [-0.1, -0.05) is 37.3 Å². The first-order valence-corrected chi connectivity index (χ1v) is 5.97. The SMILES string of the molecule is CCC(C(O)c1ccccc1)n1ccc(C)n1. The van der Waals surface area contributed by atoms with Crippen molar-refractivity contribution in [1.29, 1.82) is 0 Å². The van der Waals surface area contributed by atoms with Gasteiger partial charge in [0.05, 0.1) is 11.7 Å². The average Bonchev–Trinajstić information content (AvgIpc) is 2.78. The van der Waals surface area contributed by atoms with E-state index in [0.717, 1.165) is 17.7 Å². The minimum atomic E-state index is -0.513. The number of hydrogen-bond acceptors (Lipinski definition) is 2. The highest BCUT2D eigenvalue weighted by Gasteiger charge is 2.21. The standard InChI is InChI=1S/C14H18N2O/c1-3-13(16-10-9-11(2)15-16)14(17)12-7-5-4-6-8-12/h4-10,13-14,17H,3H2,1-2H3. The van der Waals surface area contributed by atoms with E-state index >= 15 is 0 Å². The zero-order valence-electron chi connectivity index (χ0n) is 10.2. The Hall–Kier alpha value is -1.61. The van der Waals surface area contributed by atoms with Crippen LogP contribution >= 0.6 is 0 Å². The van der Waals surface area contributed by atoms with E-state index < -0.39 is 6.10 Å². The summed E-state index contributed by atoms with van der Waals surface area (Å²) in [5, 5.41) is 14.8. The first-order chi connectivity index (χ1) is 8.22. The van der Waals surface area contributed by atoms with Crippen molar-refractivity contribution in [2.75, 3.05) is 0 Å². The highest BCUT2D eigenvalue weighted by atomic mass is 16.3. The Morgan fingerprint density at radius 2 is 1.94 bits per heavy atom. The molecule has 1 heterocycles. The fourth-order valence-corrected chi connectivity index (χ4v) is 2.05. The maximum Gasteiger partial charge on any atom is 0.101 e. The van der Waals surface area contributed by atoms with Gasteiger partial charge in [0.1, 0.15) is 6.10 Å². The Morgan fingerprint density at radius 1 is 1.24 bits per heavy atom. The van der Waals surface area contributed by atoms with Gasteiger partial charge in [0.15, 0.2) is 0 Å². The molecule has 1 aromatic heterocycles. The highest BCUT2D eigenvalue weighted by Crippen LogP contribution is 2.28. The molecule has 0 radical (unpaired) electrons. The molecule has 1 N–H and O–H groups in total. The minimum Gasteiger partial charge on any atom is -0.386 e. The molecule has 0 fully saturated rings. The van der Waals surface area contributed by atoms with Crippen LogP contribution in [0.1, 0.15) is 36.7 Å². The van der Waals surface area contributed by atoms with Crippen LogP contribution < -0.4 is 0 Å². The molecule has 0 saturated heterocycles. The summed E-state index contributed by atoms with van der Waals surface area (Å²) in [5.41, 5.74) is 1.91. The summed E-state index contributed by atoms with van der Waals surface area (Å²) >= 11 is 0. The second-order valence-electron chi connectivity index (χ2n) is 4.27. The monoisotopic (exact) mass is 230 g/mol. The van der Waals surface area contributed by atoms with Crippen molar-refractivity contribution in [3.8, 4) is 0 Å². The van der Waals surface area contributed by atoms with Crippen molar-refractivity contribution in [2.24, 2.45) is 0 Å². The van der Waals surface area contributed by atoms with Gasteiger partial charge in [-0.15, -0.1) is 0 Å². The van der Waals surface area contributed by atoms with Crippen LogP contribution in [-0.4, -0.2) is 14.9 Å². The number of hydrogen-bond donors (Lipinski definition) is 1. The summed E-state index contributed by atoms with van der Waals surface area (Å²) < 4.78 is 1.85. The molecule has 3 nitrogen and oxygen atoms in total. The lowest BCUT2D eigenvalue weighted by Crippen LogP contribution is -2.17. The van der Waals surface area contributed by atoms with Crippen LogP contribution in [0.5, 0.6) is 0 Å². The lowest BCUT2D eigenvalue weighted by atomic mass is 10.0. The Morgan fingerprint density at radius 3 is 2.47 bits per heavy atom. The van der Waals surface area contributed by atoms with Gasteiger partial charge in [-0.2, -0.15) is 5.10 Å². The summed E-state index contributed by atoms with van der Waals surface area (Å²) in [7, 11) is 0. The zero-order chi connectivity index (χ0) is 12.3. The Labute approximate surface area is 102 Å². The highest BCUT2D eigenvalue weighted by molar-refractivity contribution is 5.18. The van der Waals surface area contributed by atoms with Crippen LogP contribution in [0.3, 0.4) is 0 Å². The smallest absolute Gasteiger partial charge is 0.101 e. The number of aryl methyl sites for hydroxylation is 1. The third kappa shape index (κ3) is 2.56. The molecule has 2 unspecified atom stereocenters. The van der Waals surface area contributed by atoms with Gasteiger partial charge in [0.25, 0.3) is 0 Å². The predicted octanol–water partition coefficient (Wildman–Crippen LogP) is 2.88. The van der Waals surface area contributed by atoms with Gasteiger partial charge < -0.3 is 5.11 Å². The van der Waals surface area contributed by atoms with E-state index in [1.165, 1.54) is 0 Å². The summed E-state index contributed by atoms with van der Waals surface area (Å²) in [6.07, 6.45) is 2.26. The van der Waals surface area contributed by atoms with Crippen LogP contribution in [0.2, 0.25) is 0 Å². The normalized spacial score (nSPS) is 14.5. The predicted molar refractivity (Wildman–Crippen MR) is 67.7 cm³/mol. The molecule has 0 saturated carbocycles. The molecule has 0 aliphatic carbocycles. The molecular formula is C14H18N2O. The fourth-order valence-electron chi connectivity index (χ4n) is 2.05. The molecule has 0 aliphatic heterocycles. The molecule has 0 amide bonds. The summed E-state index contributed by atoms with van der Waals surface area (Å²) in [6.45, 7) is 4.02. The largest absolute Gasteiger partial charge is 0.386 e. The lowest BCUT2D eigenvalue weighted by molar-refractivity contribution is 0.103. The zero-order valence-corrected chi connectivity index (χ0v) is 10.2. The number of rotatable bonds is 4. The van der Waals surface area contributed by atoms with Crippen LogP contribution in [-0.2, 0) is 0 Å². The van der Waals surface area contributed by atoms with Gasteiger partial charge in [0.2, 0.25) is 0 Å². The first kappa shape index (κ1) is 11.9. The van der Waals surface area contributed by atoms with E-state index in [9.17, 15) is 5.11 Å². The minimum absolute atomic E-state index is 0.00824. The van der Waals surface area contributed by atoms with Crippen molar-refractivity contribution in [3.05, 3.63) is 53.9 Å². The van der Waals surface area contributed by atoms with E-state index in [2.05, 4.69) is 12.0 Å². The van der Waals surface area contributed by atoms with E-state index in [1.807, 2.05) is 54.2 Å². The number of nitrogens with zero attached hydrogens (tertiary/aromatic N) is 2. The van der Waals surface area contributed by atoms with Crippen molar-refractivity contribution < 1.29 is 5.11 Å². The van der Waals surface area contributed by atoms with Crippen LogP contribution in [0.25, 0.3) is 0 Å². The van der Waals surface area contributed by atoms with Gasteiger partial charge in [-0.3, -0.25) is 4.68 Å². The molecule has 2 rings (SSSR count). The molecule has 90 valence electrons. The summed E-state index contributed by atoms with van der Waals surface area (Å²) in [6, 6.07) is 11.7. The van der Waals surface area contributed by atoms with Crippen LogP contribution in [0, 0.1) is 6.92 Å². The van der Waals surface area contributed by atoms with Crippen molar-refractivity contribution in [1.82, 2.24) is 9.78 Å². The van der Waals surface area contributed by atoms with Crippen LogP contribution in [0.15, 0.2) is 42.6 Å². The number of aromatic nitrogens is 2. The molecule has 1 aromatic carbocycles. The number of aliphatic hydroxyl groups is 1. The molecule has 2 atom stereocenters. The van der Waals surface area contributed by atoms with Gasteiger partial charge >= 0.3 is 0 Å². The maximum atomic E-state index is 10.4.